The maximum atomic E-state index is 13.5. The molecule has 2 nitrogen and oxygen atoms in total. The SMILES string of the molecule is O=C(O)[C@@]1(F)C[C@@H]2C=C[C@H]1C2. The van der Waals surface area contributed by atoms with Crippen molar-refractivity contribution in [2.24, 2.45) is 11.8 Å². The van der Waals surface area contributed by atoms with Gasteiger partial charge in [0.1, 0.15) is 0 Å². The molecule has 0 aliphatic heterocycles. The first-order valence-electron chi connectivity index (χ1n) is 3.73. The zero-order valence-corrected chi connectivity index (χ0v) is 5.96. The van der Waals surface area contributed by atoms with Crippen LogP contribution in [0.15, 0.2) is 12.2 Å². The van der Waals surface area contributed by atoms with Gasteiger partial charge in [0, 0.05) is 5.92 Å². The largest absolute Gasteiger partial charge is 0.479 e. The van der Waals surface area contributed by atoms with Crippen LogP contribution in [0.2, 0.25) is 0 Å². The van der Waals surface area contributed by atoms with Crippen molar-refractivity contribution in [2.45, 2.75) is 18.5 Å². The second kappa shape index (κ2) is 1.84. The van der Waals surface area contributed by atoms with Crippen molar-refractivity contribution in [3.05, 3.63) is 12.2 Å². The smallest absolute Gasteiger partial charge is 0.342 e. The summed E-state index contributed by atoms with van der Waals surface area (Å²) < 4.78 is 13.5. The Balaban J connectivity index is 2.30. The average molecular weight is 156 g/mol. The highest BCUT2D eigenvalue weighted by molar-refractivity contribution is 5.79. The van der Waals surface area contributed by atoms with Crippen LogP contribution in [0.3, 0.4) is 0 Å². The van der Waals surface area contributed by atoms with Crippen LogP contribution in [0, 0.1) is 11.8 Å². The Morgan fingerprint density at radius 2 is 2.36 bits per heavy atom. The van der Waals surface area contributed by atoms with Gasteiger partial charge >= 0.3 is 5.97 Å². The quantitative estimate of drug-likeness (QED) is 0.582. The van der Waals surface area contributed by atoms with Crippen molar-refractivity contribution in [3.63, 3.8) is 0 Å². The van der Waals surface area contributed by atoms with Crippen molar-refractivity contribution in [1.82, 2.24) is 0 Å². The van der Waals surface area contributed by atoms with Crippen molar-refractivity contribution in [3.8, 4) is 0 Å². The molecule has 2 rings (SSSR count). The number of fused-ring (bicyclic) bond motifs is 2. The summed E-state index contributed by atoms with van der Waals surface area (Å²) >= 11 is 0. The highest BCUT2D eigenvalue weighted by Crippen LogP contribution is 2.48. The third kappa shape index (κ3) is 0.737. The van der Waals surface area contributed by atoms with E-state index in [1.54, 1.807) is 6.08 Å². The van der Waals surface area contributed by atoms with E-state index in [0.29, 0.717) is 6.42 Å². The number of rotatable bonds is 1. The van der Waals surface area contributed by atoms with E-state index >= 15 is 0 Å². The summed E-state index contributed by atoms with van der Waals surface area (Å²) in [5.74, 6) is -1.50. The molecular formula is C8H9FO2. The van der Waals surface area contributed by atoms with Gasteiger partial charge in [-0.15, -0.1) is 0 Å². The maximum Gasteiger partial charge on any atom is 0.342 e. The molecule has 0 aromatic carbocycles. The third-order valence-corrected chi connectivity index (χ3v) is 2.67. The first-order chi connectivity index (χ1) is 5.13. The van der Waals surface area contributed by atoms with Gasteiger partial charge in [-0.25, -0.2) is 9.18 Å². The molecule has 60 valence electrons. The number of halogens is 1. The molecule has 3 atom stereocenters. The molecule has 0 aromatic rings. The first kappa shape index (κ1) is 6.83. The van der Waals surface area contributed by atoms with Gasteiger partial charge in [0.05, 0.1) is 0 Å². The van der Waals surface area contributed by atoms with Crippen LogP contribution in [0.25, 0.3) is 0 Å². The summed E-state index contributed by atoms with van der Waals surface area (Å²) in [5, 5.41) is 8.59. The third-order valence-electron chi connectivity index (χ3n) is 2.67. The molecule has 0 heterocycles. The molecule has 0 amide bonds. The van der Waals surface area contributed by atoms with Gasteiger partial charge in [-0.3, -0.25) is 0 Å². The number of carboxylic acids is 1. The molecule has 0 unspecified atom stereocenters. The monoisotopic (exact) mass is 156 g/mol. The number of carbonyl (C=O) groups is 1. The molecule has 0 spiro atoms. The van der Waals surface area contributed by atoms with Crippen LogP contribution in [-0.2, 0) is 4.79 Å². The molecule has 11 heavy (non-hydrogen) atoms. The molecule has 1 fully saturated rings. The van der Waals surface area contributed by atoms with Crippen molar-refractivity contribution in [2.75, 3.05) is 0 Å². The maximum absolute atomic E-state index is 13.5. The minimum atomic E-state index is -1.96. The molecule has 1 saturated carbocycles. The number of alkyl halides is 1. The van der Waals surface area contributed by atoms with Gasteiger partial charge in [-0.1, -0.05) is 12.2 Å². The molecule has 0 aromatic heterocycles. The van der Waals surface area contributed by atoms with Crippen LogP contribution < -0.4 is 0 Å². The van der Waals surface area contributed by atoms with Gasteiger partial charge in [0.15, 0.2) is 0 Å². The minimum Gasteiger partial charge on any atom is -0.479 e. The lowest BCUT2D eigenvalue weighted by Gasteiger charge is -2.21. The summed E-state index contributed by atoms with van der Waals surface area (Å²) in [7, 11) is 0. The molecule has 1 N–H and O–H groups in total. The lowest BCUT2D eigenvalue weighted by Crippen LogP contribution is -2.37. The normalized spacial score (nSPS) is 46.6. The molecule has 2 aliphatic rings. The predicted octanol–water partition coefficient (Wildman–Crippen LogP) is 1.38. The molecule has 2 aliphatic carbocycles. The Labute approximate surface area is 63.7 Å². The highest BCUT2D eigenvalue weighted by atomic mass is 19.1. The van der Waals surface area contributed by atoms with E-state index in [1.165, 1.54) is 0 Å². The summed E-state index contributed by atoms with van der Waals surface area (Å²) in [6, 6.07) is 0. The number of aliphatic carboxylic acids is 1. The molecule has 2 bridgehead atoms. The Hall–Kier alpha value is -0.860. The molecule has 3 heteroatoms. The van der Waals surface area contributed by atoms with E-state index in [4.69, 9.17) is 5.11 Å². The van der Waals surface area contributed by atoms with E-state index in [0.717, 1.165) is 0 Å². The Kier molecular flexibility index (Phi) is 1.14. The average Bonchev–Trinajstić information content (AvgIpc) is 2.45. The fourth-order valence-electron chi connectivity index (χ4n) is 2.04. The Morgan fingerprint density at radius 1 is 1.64 bits per heavy atom. The number of hydrogen-bond acceptors (Lipinski definition) is 1. The van der Waals surface area contributed by atoms with Gasteiger partial charge in [-0.05, 0) is 18.8 Å². The second-order valence-electron chi connectivity index (χ2n) is 3.36. The Morgan fingerprint density at radius 3 is 2.64 bits per heavy atom. The lowest BCUT2D eigenvalue weighted by molar-refractivity contribution is -0.152. The summed E-state index contributed by atoms with van der Waals surface area (Å²) in [6.45, 7) is 0. The van der Waals surface area contributed by atoms with E-state index in [-0.39, 0.29) is 18.3 Å². The topological polar surface area (TPSA) is 37.3 Å². The summed E-state index contributed by atoms with van der Waals surface area (Å²) in [4.78, 5) is 10.5. The molecular weight excluding hydrogens is 147 g/mol. The van der Waals surface area contributed by atoms with Gasteiger partial charge in [0.25, 0.3) is 0 Å². The summed E-state index contributed by atoms with van der Waals surface area (Å²) in [5.41, 5.74) is -1.96. The highest BCUT2D eigenvalue weighted by Gasteiger charge is 2.54. The van der Waals surface area contributed by atoms with Gasteiger partial charge < -0.3 is 5.11 Å². The zero-order valence-electron chi connectivity index (χ0n) is 5.96. The zero-order chi connectivity index (χ0) is 8.06. The number of carboxylic acid groups (broad SMARTS) is 1. The van der Waals surface area contributed by atoms with E-state index in [1.807, 2.05) is 6.08 Å². The number of hydrogen-bond donors (Lipinski definition) is 1. The van der Waals surface area contributed by atoms with Crippen molar-refractivity contribution in [1.29, 1.82) is 0 Å². The van der Waals surface area contributed by atoms with Crippen molar-refractivity contribution >= 4 is 5.97 Å². The number of allylic oxidation sites excluding steroid dienone is 2. The predicted molar refractivity (Wildman–Crippen MR) is 36.8 cm³/mol. The fourth-order valence-corrected chi connectivity index (χ4v) is 2.04. The fraction of sp³-hybridized carbons (Fsp3) is 0.625. The summed E-state index contributed by atoms with van der Waals surface area (Å²) in [6.07, 6.45) is 4.47. The van der Waals surface area contributed by atoms with Gasteiger partial charge in [-0.2, -0.15) is 0 Å². The van der Waals surface area contributed by atoms with Crippen molar-refractivity contribution < 1.29 is 14.3 Å². The van der Waals surface area contributed by atoms with E-state index in [2.05, 4.69) is 0 Å². The van der Waals surface area contributed by atoms with Crippen LogP contribution in [0.5, 0.6) is 0 Å². The standard InChI is InChI=1S/C8H9FO2/c9-8(7(10)11)4-5-1-2-6(8)3-5/h1-2,5-6H,3-4H2,(H,10,11)/t5-,6+,8-/m1/s1. The second-order valence-corrected chi connectivity index (χ2v) is 3.36. The van der Waals surface area contributed by atoms with Crippen LogP contribution >= 0.6 is 0 Å². The van der Waals surface area contributed by atoms with Crippen LogP contribution in [-0.4, -0.2) is 16.7 Å². The Bertz CT molecular complexity index is 236. The van der Waals surface area contributed by atoms with Crippen LogP contribution in [0.1, 0.15) is 12.8 Å². The minimum absolute atomic E-state index is 0.168. The molecule has 0 radical (unpaired) electrons. The van der Waals surface area contributed by atoms with E-state index < -0.39 is 11.6 Å². The lowest BCUT2D eigenvalue weighted by atomic mass is 9.90. The van der Waals surface area contributed by atoms with E-state index in [9.17, 15) is 9.18 Å². The van der Waals surface area contributed by atoms with Crippen LogP contribution in [0.4, 0.5) is 4.39 Å². The van der Waals surface area contributed by atoms with Gasteiger partial charge in [0.2, 0.25) is 5.67 Å². The first-order valence-corrected chi connectivity index (χ1v) is 3.73. The molecule has 0 saturated heterocycles.